The highest BCUT2D eigenvalue weighted by molar-refractivity contribution is 7.98. The summed E-state index contributed by atoms with van der Waals surface area (Å²) in [5.41, 5.74) is 1.15. The van der Waals surface area contributed by atoms with Crippen LogP contribution < -0.4 is 5.32 Å². The van der Waals surface area contributed by atoms with Gasteiger partial charge in [0, 0.05) is 12.8 Å². The minimum Gasteiger partial charge on any atom is -0.469 e. The average molecular weight is 281 g/mol. The van der Waals surface area contributed by atoms with Crippen LogP contribution in [-0.2, 0) is 15.3 Å². The van der Waals surface area contributed by atoms with Crippen LogP contribution in [0.2, 0.25) is 0 Å². The minimum absolute atomic E-state index is 0.101. The van der Waals surface area contributed by atoms with E-state index >= 15 is 0 Å². The van der Waals surface area contributed by atoms with Crippen LogP contribution in [0.4, 0.5) is 5.82 Å². The van der Waals surface area contributed by atoms with E-state index in [1.807, 2.05) is 18.8 Å². The molecule has 0 unspecified atom stereocenters. The van der Waals surface area contributed by atoms with Crippen LogP contribution in [-0.4, -0.2) is 35.8 Å². The highest BCUT2D eigenvalue weighted by Gasteiger charge is 2.44. The molecule has 2 rings (SSSR count). The largest absolute Gasteiger partial charge is 0.469 e. The van der Waals surface area contributed by atoms with E-state index in [1.165, 1.54) is 7.11 Å². The van der Waals surface area contributed by atoms with E-state index in [9.17, 15) is 4.79 Å². The van der Waals surface area contributed by atoms with Gasteiger partial charge in [-0.15, -0.1) is 0 Å². The van der Waals surface area contributed by atoms with E-state index in [1.54, 1.807) is 12.4 Å². The number of aromatic nitrogens is 2. The summed E-state index contributed by atoms with van der Waals surface area (Å²) < 4.78 is 4.74. The summed E-state index contributed by atoms with van der Waals surface area (Å²) in [6.45, 7) is 0. The van der Waals surface area contributed by atoms with Crippen molar-refractivity contribution in [1.82, 2.24) is 9.97 Å². The molecule has 1 aromatic rings. The lowest BCUT2D eigenvalue weighted by Crippen LogP contribution is -2.13. The highest BCUT2D eigenvalue weighted by atomic mass is 32.2. The number of esters is 1. The Hall–Kier alpha value is -1.30. The van der Waals surface area contributed by atoms with Gasteiger partial charge in [0.1, 0.15) is 5.82 Å². The number of nitrogens with one attached hydrogen (secondary N) is 1. The van der Waals surface area contributed by atoms with Gasteiger partial charge in [-0.25, -0.2) is 4.98 Å². The number of hydrogen-bond donors (Lipinski definition) is 1. The Morgan fingerprint density at radius 1 is 1.47 bits per heavy atom. The highest BCUT2D eigenvalue weighted by Crippen LogP contribution is 2.51. The Bertz CT molecular complexity index is 432. The molecule has 1 aliphatic rings. The molecule has 1 heterocycles. The van der Waals surface area contributed by atoms with Crippen LogP contribution in [0.25, 0.3) is 0 Å². The lowest BCUT2D eigenvalue weighted by molar-refractivity contribution is -0.141. The minimum atomic E-state index is -0.101. The van der Waals surface area contributed by atoms with Crippen molar-refractivity contribution in [2.24, 2.45) is 5.41 Å². The third-order valence-electron chi connectivity index (χ3n) is 3.32. The summed E-state index contributed by atoms with van der Waals surface area (Å²) in [5.74, 6) is 2.49. The van der Waals surface area contributed by atoms with E-state index in [0.29, 0.717) is 6.42 Å². The van der Waals surface area contributed by atoms with Gasteiger partial charge in [-0.1, -0.05) is 0 Å². The van der Waals surface area contributed by atoms with Gasteiger partial charge in [-0.3, -0.25) is 9.78 Å². The van der Waals surface area contributed by atoms with Gasteiger partial charge in [-0.2, -0.15) is 11.8 Å². The van der Waals surface area contributed by atoms with E-state index in [4.69, 9.17) is 4.74 Å². The molecule has 1 aliphatic carbocycles. The molecule has 0 spiro atoms. The number of ether oxygens (including phenoxy) is 1. The van der Waals surface area contributed by atoms with Crippen molar-refractivity contribution in [2.45, 2.75) is 25.0 Å². The van der Waals surface area contributed by atoms with Crippen molar-refractivity contribution >= 4 is 23.5 Å². The van der Waals surface area contributed by atoms with Crippen molar-refractivity contribution in [3.05, 3.63) is 18.1 Å². The smallest absolute Gasteiger partial charge is 0.306 e. The molecular weight excluding hydrogens is 262 g/mol. The fourth-order valence-electron chi connectivity index (χ4n) is 1.86. The zero-order valence-corrected chi connectivity index (χ0v) is 12.1. The van der Waals surface area contributed by atoms with Gasteiger partial charge in [0.05, 0.1) is 31.6 Å². The Morgan fingerprint density at radius 3 is 2.79 bits per heavy atom. The summed E-state index contributed by atoms with van der Waals surface area (Å²) in [7, 11) is 3.27. The molecule has 1 fully saturated rings. The number of anilines is 1. The number of nitrogens with zero attached hydrogens (tertiary/aromatic N) is 2. The van der Waals surface area contributed by atoms with Gasteiger partial charge in [-0.05, 0) is 24.0 Å². The Labute approximate surface area is 117 Å². The third-order valence-corrected chi connectivity index (χ3v) is 4.64. The first-order valence-electron chi connectivity index (χ1n) is 6.31. The Balaban J connectivity index is 1.75. The molecule has 1 N–H and O–H groups in total. The summed E-state index contributed by atoms with van der Waals surface area (Å²) in [6.07, 6.45) is 6.32. The van der Waals surface area contributed by atoms with Crippen molar-refractivity contribution in [3.8, 4) is 0 Å². The van der Waals surface area contributed by atoms with Crippen molar-refractivity contribution in [1.29, 1.82) is 0 Å². The maximum atomic E-state index is 11.3. The Kier molecular flexibility index (Phi) is 4.63. The predicted octanol–water partition coefficient (Wildman–Crippen LogP) is 2.09. The third kappa shape index (κ3) is 4.09. The molecule has 0 bridgehead atoms. The van der Waals surface area contributed by atoms with Crippen LogP contribution in [0.5, 0.6) is 0 Å². The lowest BCUT2D eigenvalue weighted by Gasteiger charge is -2.12. The number of thioether (sulfide) groups is 1. The van der Waals surface area contributed by atoms with Crippen LogP contribution >= 0.6 is 11.8 Å². The lowest BCUT2D eigenvalue weighted by atomic mass is 10.1. The zero-order chi connectivity index (χ0) is 13.7. The molecule has 0 atom stereocenters. The molecule has 5 nitrogen and oxygen atoms in total. The van der Waals surface area contributed by atoms with Gasteiger partial charge in [0.15, 0.2) is 0 Å². The number of methoxy groups -OCH3 is 1. The summed E-state index contributed by atoms with van der Waals surface area (Å²) in [6, 6.07) is 0. The van der Waals surface area contributed by atoms with E-state index in [2.05, 4.69) is 15.3 Å². The maximum Gasteiger partial charge on any atom is 0.306 e. The molecule has 19 heavy (non-hydrogen) atoms. The zero-order valence-electron chi connectivity index (χ0n) is 11.3. The van der Waals surface area contributed by atoms with Gasteiger partial charge in [0.25, 0.3) is 0 Å². The van der Waals surface area contributed by atoms with E-state index < -0.39 is 0 Å². The van der Waals surface area contributed by atoms with E-state index in [-0.39, 0.29) is 11.4 Å². The van der Waals surface area contributed by atoms with Gasteiger partial charge in [0.2, 0.25) is 0 Å². The van der Waals surface area contributed by atoms with Crippen LogP contribution in [0.3, 0.4) is 0 Å². The van der Waals surface area contributed by atoms with Crippen LogP contribution in [0.15, 0.2) is 12.4 Å². The van der Waals surface area contributed by atoms with Crippen molar-refractivity contribution in [3.63, 3.8) is 0 Å². The SMILES string of the molecule is CNc1cnc(CSCC2(CC(=O)OC)CC2)cn1. The maximum absolute atomic E-state index is 11.3. The molecule has 0 amide bonds. The molecule has 1 saturated carbocycles. The fraction of sp³-hybridized carbons (Fsp3) is 0.615. The first-order chi connectivity index (χ1) is 9.17. The molecule has 0 aromatic carbocycles. The molecule has 0 saturated heterocycles. The number of hydrogen-bond acceptors (Lipinski definition) is 6. The van der Waals surface area contributed by atoms with Crippen molar-refractivity contribution < 1.29 is 9.53 Å². The first-order valence-corrected chi connectivity index (χ1v) is 7.46. The van der Waals surface area contributed by atoms with Crippen LogP contribution in [0.1, 0.15) is 25.0 Å². The average Bonchev–Trinajstić information content (AvgIpc) is 3.19. The quantitative estimate of drug-likeness (QED) is 0.772. The summed E-state index contributed by atoms with van der Waals surface area (Å²) >= 11 is 1.81. The summed E-state index contributed by atoms with van der Waals surface area (Å²) in [4.78, 5) is 19.9. The monoisotopic (exact) mass is 281 g/mol. The molecule has 6 heteroatoms. The second-order valence-corrected chi connectivity index (χ2v) is 5.87. The standard InChI is InChI=1S/C13H19N3O2S/c1-14-11-7-15-10(6-16-11)8-19-9-13(3-4-13)5-12(17)18-2/h6-7H,3-5,8-9H2,1-2H3,(H,14,16). The first kappa shape index (κ1) is 14.1. The molecule has 104 valence electrons. The van der Waals surface area contributed by atoms with Gasteiger partial charge >= 0.3 is 5.97 Å². The topological polar surface area (TPSA) is 64.1 Å². The second-order valence-electron chi connectivity index (χ2n) is 4.89. The number of carbonyl (C=O) groups excluding carboxylic acids is 1. The molecule has 0 radical (unpaired) electrons. The number of carbonyl (C=O) groups is 1. The van der Waals surface area contributed by atoms with Crippen LogP contribution in [0, 0.1) is 5.41 Å². The van der Waals surface area contributed by atoms with Gasteiger partial charge < -0.3 is 10.1 Å². The normalized spacial score (nSPS) is 15.9. The fourth-order valence-corrected chi connectivity index (χ4v) is 3.14. The van der Waals surface area contributed by atoms with E-state index in [0.717, 1.165) is 35.9 Å². The molecule has 0 aliphatic heterocycles. The number of rotatable bonds is 7. The predicted molar refractivity (Wildman–Crippen MR) is 76.0 cm³/mol. The Morgan fingerprint density at radius 2 is 2.26 bits per heavy atom. The van der Waals surface area contributed by atoms with Crippen molar-refractivity contribution in [2.75, 3.05) is 25.2 Å². The molecule has 1 aromatic heterocycles. The summed E-state index contributed by atoms with van der Waals surface area (Å²) in [5, 5.41) is 2.94. The second kappa shape index (κ2) is 6.23. The molecular formula is C13H19N3O2S.